The Morgan fingerprint density at radius 3 is 2.44 bits per heavy atom. The molecule has 0 spiro atoms. The highest BCUT2D eigenvalue weighted by atomic mass is 19.1. The molecule has 0 aliphatic heterocycles. The Labute approximate surface area is 236 Å². The van der Waals surface area contributed by atoms with Gasteiger partial charge in [0.15, 0.2) is 5.78 Å². The molecule has 0 radical (unpaired) electrons. The van der Waals surface area contributed by atoms with Crippen molar-refractivity contribution in [2.45, 2.75) is 64.1 Å². The van der Waals surface area contributed by atoms with Crippen LogP contribution in [0.3, 0.4) is 0 Å². The number of amides is 1. The van der Waals surface area contributed by atoms with Crippen molar-refractivity contribution < 1.29 is 32.2 Å². The molecule has 1 aliphatic rings. The maximum atomic E-state index is 14.9. The number of carbonyl (C=O) groups is 2. The van der Waals surface area contributed by atoms with Crippen LogP contribution in [-0.4, -0.2) is 47.1 Å². The third-order valence-corrected chi connectivity index (χ3v) is 7.25. The summed E-state index contributed by atoms with van der Waals surface area (Å²) in [5, 5.41) is 2.80. The number of nitrogens with zero attached hydrogens (tertiary/aromatic N) is 2. The maximum absolute atomic E-state index is 14.9. The van der Waals surface area contributed by atoms with Crippen LogP contribution in [0.25, 0.3) is 11.3 Å². The van der Waals surface area contributed by atoms with Gasteiger partial charge >= 0.3 is 6.09 Å². The van der Waals surface area contributed by atoms with Crippen molar-refractivity contribution in [3.8, 4) is 17.0 Å². The highest BCUT2D eigenvalue weighted by Gasteiger charge is 2.36. The van der Waals surface area contributed by atoms with E-state index in [1.807, 2.05) is 13.0 Å². The zero-order chi connectivity index (χ0) is 29.8. The van der Waals surface area contributed by atoms with Crippen molar-refractivity contribution in [2.75, 3.05) is 7.11 Å². The molecule has 8 nitrogen and oxygen atoms in total. The average molecular weight is 571 g/mol. The van der Waals surface area contributed by atoms with Gasteiger partial charge in [0.25, 0.3) is 0 Å². The highest BCUT2D eigenvalue weighted by molar-refractivity contribution is 5.96. The minimum atomic E-state index is -1.06. The Balaban J connectivity index is 1.57. The topological polar surface area (TPSA) is 116 Å². The van der Waals surface area contributed by atoms with Crippen molar-refractivity contribution in [2.24, 2.45) is 11.7 Å². The molecular formula is C30H33F3N4O4. The molecule has 3 N–H and O–H groups in total. The van der Waals surface area contributed by atoms with E-state index in [0.717, 1.165) is 23.8 Å². The quantitative estimate of drug-likeness (QED) is 0.351. The number of ether oxygens (including phenoxy) is 2. The Kier molecular flexibility index (Phi) is 9.27. The lowest BCUT2D eigenvalue weighted by Gasteiger charge is -2.39. The number of ketones is 1. The first-order valence-electron chi connectivity index (χ1n) is 13.4. The van der Waals surface area contributed by atoms with Gasteiger partial charge in [0.05, 0.1) is 18.8 Å². The second-order valence-electron chi connectivity index (χ2n) is 10.6. The van der Waals surface area contributed by atoms with Crippen LogP contribution >= 0.6 is 0 Å². The lowest BCUT2D eigenvalue weighted by molar-refractivity contribution is 0.0987. The number of benzene rings is 1. The number of nitrogens with one attached hydrogen (secondary N) is 1. The van der Waals surface area contributed by atoms with Gasteiger partial charge in [0.1, 0.15) is 34.6 Å². The number of rotatable bonds is 8. The molecule has 4 atom stereocenters. The van der Waals surface area contributed by atoms with Crippen LogP contribution in [0.2, 0.25) is 0 Å². The lowest BCUT2D eigenvalue weighted by Crippen LogP contribution is -2.54. The van der Waals surface area contributed by atoms with Crippen LogP contribution in [0.5, 0.6) is 5.75 Å². The van der Waals surface area contributed by atoms with Crippen molar-refractivity contribution in [1.29, 1.82) is 0 Å². The molecule has 4 rings (SSSR count). The van der Waals surface area contributed by atoms with E-state index in [2.05, 4.69) is 15.3 Å². The summed E-state index contributed by atoms with van der Waals surface area (Å²) in [6.45, 7) is 5.40. The molecule has 1 saturated carbocycles. The lowest BCUT2D eigenvalue weighted by atomic mass is 9.72. The second kappa shape index (κ2) is 12.7. The minimum Gasteiger partial charge on any atom is -0.491 e. The van der Waals surface area contributed by atoms with Crippen LogP contribution in [0, 0.1) is 23.4 Å². The number of halogens is 3. The summed E-state index contributed by atoms with van der Waals surface area (Å²) in [5.74, 6) is -3.59. The molecule has 1 fully saturated rings. The van der Waals surface area contributed by atoms with Crippen LogP contribution in [0.4, 0.5) is 18.0 Å². The van der Waals surface area contributed by atoms with Gasteiger partial charge in [-0.2, -0.15) is 0 Å². The summed E-state index contributed by atoms with van der Waals surface area (Å²) in [6, 6.07) is 5.28. The largest absolute Gasteiger partial charge is 0.491 e. The fraction of sp³-hybridized carbons (Fsp3) is 0.400. The molecule has 41 heavy (non-hydrogen) atoms. The summed E-state index contributed by atoms with van der Waals surface area (Å²) < 4.78 is 54.6. The number of nitrogens with two attached hydrogens (primary N) is 1. The van der Waals surface area contributed by atoms with Crippen LogP contribution in [0.1, 0.15) is 61.1 Å². The summed E-state index contributed by atoms with van der Waals surface area (Å²) in [6.07, 6.45) is 3.48. The molecule has 11 heteroatoms. The standard InChI is InChI=1S/C30H33F3N4O4/c1-15(2)41-19-12-22(32)27(23(33)13-19)29-21(31)5-6-25(36-29)26(38)11-18-14-35-8-7-20(18)17-9-16(3)28(24(34)10-17)37-30(39)40-4/h5-8,12-17,24,28H,9-11,34H2,1-4H3,(H,37,39)/t16-,17+,24+,28-/m0/s1. The molecular weight excluding hydrogens is 537 g/mol. The van der Waals surface area contributed by atoms with Crippen LogP contribution in [-0.2, 0) is 11.2 Å². The molecule has 0 bridgehead atoms. The monoisotopic (exact) mass is 570 g/mol. The molecule has 1 aromatic carbocycles. The molecule has 1 amide bonds. The second-order valence-corrected chi connectivity index (χ2v) is 10.6. The van der Waals surface area contributed by atoms with Crippen molar-refractivity contribution in [1.82, 2.24) is 15.3 Å². The van der Waals surface area contributed by atoms with Crippen molar-refractivity contribution in [3.05, 3.63) is 77.0 Å². The van der Waals surface area contributed by atoms with Crippen LogP contribution in [0.15, 0.2) is 42.7 Å². The smallest absolute Gasteiger partial charge is 0.407 e. The van der Waals surface area contributed by atoms with E-state index >= 15 is 0 Å². The Hall–Kier alpha value is -3.99. The average Bonchev–Trinajstić information content (AvgIpc) is 2.91. The number of alkyl carbamates (subject to hydrolysis) is 1. The number of Topliss-reactive ketones (excluding diaryl/α,β-unsaturated/α-hetero) is 1. The zero-order valence-electron chi connectivity index (χ0n) is 23.3. The summed E-state index contributed by atoms with van der Waals surface area (Å²) in [7, 11) is 1.29. The molecule has 2 aromatic heterocycles. The van der Waals surface area contributed by atoms with E-state index in [1.54, 1.807) is 26.2 Å². The number of pyridine rings is 2. The molecule has 218 valence electrons. The third-order valence-electron chi connectivity index (χ3n) is 7.25. The van der Waals surface area contributed by atoms with Gasteiger partial charge in [-0.15, -0.1) is 0 Å². The Bertz CT molecular complexity index is 1400. The predicted molar refractivity (Wildman–Crippen MR) is 146 cm³/mol. The summed E-state index contributed by atoms with van der Waals surface area (Å²) in [4.78, 5) is 33.3. The number of carbonyl (C=O) groups excluding carboxylic acids is 2. The van der Waals surface area contributed by atoms with E-state index in [-0.39, 0.29) is 47.9 Å². The van der Waals surface area contributed by atoms with Crippen molar-refractivity contribution >= 4 is 11.9 Å². The molecule has 1 aliphatic carbocycles. The van der Waals surface area contributed by atoms with E-state index in [4.69, 9.17) is 15.2 Å². The Morgan fingerprint density at radius 1 is 1.10 bits per heavy atom. The van der Waals surface area contributed by atoms with Gasteiger partial charge < -0.3 is 20.5 Å². The van der Waals surface area contributed by atoms with Gasteiger partial charge in [0.2, 0.25) is 0 Å². The van der Waals surface area contributed by atoms with E-state index in [0.29, 0.717) is 18.4 Å². The van der Waals surface area contributed by atoms with Gasteiger partial charge in [-0.1, -0.05) is 6.92 Å². The SMILES string of the molecule is COC(=O)N[C@@H]1[C@H](N)C[C@H](c2ccncc2CC(=O)c2ccc(F)c(-c3c(F)cc(OC(C)C)cc3F)n2)C[C@@H]1C. The van der Waals surface area contributed by atoms with Crippen molar-refractivity contribution in [3.63, 3.8) is 0 Å². The molecule has 0 unspecified atom stereocenters. The first-order valence-corrected chi connectivity index (χ1v) is 13.4. The fourth-order valence-corrected chi connectivity index (χ4v) is 5.42. The van der Waals surface area contributed by atoms with E-state index in [1.165, 1.54) is 13.2 Å². The summed E-state index contributed by atoms with van der Waals surface area (Å²) in [5.41, 5.74) is 6.50. The molecule has 0 saturated heterocycles. The van der Waals surface area contributed by atoms with Gasteiger partial charge in [-0.25, -0.2) is 22.9 Å². The first kappa shape index (κ1) is 30.0. The zero-order valence-corrected chi connectivity index (χ0v) is 23.3. The number of methoxy groups -OCH3 is 1. The van der Waals surface area contributed by atoms with E-state index in [9.17, 15) is 22.8 Å². The van der Waals surface area contributed by atoms with E-state index < -0.39 is 40.6 Å². The predicted octanol–water partition coefficient (Wildman–Crippen LogP) is 5.34. The number of hydrogen-bond acceptors (Lipinski definition) is 7. The fourth-order valence-electron chi connectivity index (χ4n) is 5.42. The first-order chi connectivity index (χ1) is 19.5. The minimum absolute atomic E-state index is 0.00648. The number of hydrogen-bond donors (Lipinski definition) is 2. The van der Waals surface area contributed by atoms with Crippen LogP contribution < -0.4 is 15.8 Å². The maximum Gasteiger partial charge on any atom is 0.407 e. The van der Waals surface area contributed by atoms with Gasteiger partial charge in [-0.05, 0) is 67.9 Å². The normalized spacial score (nSPS) is 20.5. The Morgan fingerprint density at radius 2 is 1.80 bits per heavy atom. The van der Waals surface area contributed by atoms with Gasteiger partial charge in [0, 0.05) is 43.0 Å². The molecule has 2 heterocycles. The highest BCUT2D eigenvalue weighted by Crippen LogP contribution is 2.37. The number of aromatic nitrogens is 2. The summed E-state index contributed by atoms with van der Waals surface area (Å²) >= 11 is 0. The van der Waals surface area contributed by atoms with Gasteiger partial charge in [-0.3, -0.25) is 9.78 Å². The third kappa shape index (κ3) is 6.84. The molecule has 3 aromatic rings.